The first-order chi connectivity index (χ1) is 34.4. The summed E-state index contributed by atoms with van der Waals surface area (Å²) in [6.45, 7) is 12.1. The third-order valence-corrected chi connectivity index (χ3v) is 19.0. The molecule has 380 valence electrons. The van der Waals surface area contributed by atoms with E-state index in [1.54, 1.807) is 61.7 Å². The fourth-order valence-electron chi connectivity index (χ4n) is 8.66. The minimum atomic E-state index is -2.84. The molecule has 19 heteroatoms. The molecule has 72 heavy (non-hydrogen) atoms. The molecule has 0 saturated carbocycles. The Bertz CT molecular complexity index is 2860. The van der Waals surface area contributed by atoms with Crippen molar-refractivity contribution in [1.82, 2.24) is 21.0 Å². The van der Waals surface area contributed by atoms with Gasteiger partial charge < -0.3 is 49.8 Å². The van der Waals surface area contributed by atoms with Crippen molar-refractivity contribution in [1.29, 1.82) is 0 Å². The number of hydrogen-bond acceptors (Lipinski definition) is 12. The van der Waals surface area contributed by atoms with Gasteiger partial charge in [0.15, 0.2) is 14.1 Å². The van der Waals surface area contributed by atoms with Crippen LogP contribution in [0.4, 0.5) is 5.69 Å². The lowest BCUT2D eigenvalue weighted by Gasteiger charge is -2.42. The number of nitrogens with one attached hydrogen (secondary N) is 3. The van der Waals surface area contributed by atoms with Gasteiger partial charge in [-0.3, -0.25) is 19.4 Å². The molecule has 8 bridgehead atoms. The molecule has 3 amide bonds. The number of fused-ring (bicyclic) bond motifs is 8. The van der Waals surface area contributed by atoms with Crippen molar-refractivity contribution >= 4 is 59.3 Å². The summed E-state index contributed by atoms with van der Waals surface area (Å²) in [6.07, 6.45) is 0.831. The van der Waals surface area contributed by atoms with Crippen LogP contribution in [0, 0.1) is 0 Å². The molecule has 9 rings (SSSR count). The minimum Gasteiger partial charge on any atom is -0.497 e. The van der Waals surface area contributed by atoms with Crippen LogP contribution in [0.5, 0.6) is 28.7 Å². The van der Waals surface area contributed by atoms with E-state index >= 15 is 9.59 Å². The van der Waals surface area contributed by atoms with E-state index in [0.717, 1.165) is 31.5 Å². The van der Waals surface area contributed by atoms with Gasteiger partial charge in [0.1, 0.15) is 46.8 Å². The summed E-state index contributed by atoms with van der Waals surface area (Å²) in [5.41, 5.74) is 10.8. The fourth-order valence-corrected chi connectivity index (χ4v) is 10.7. The molecule has 5 aromatic carbocycles. The van der Waals surface area contributed by atoms with Gasteiger partial charge in [-0.15, -0.1) is 5.11 Å². The van der Waals surface area contributed by atoms with E-state index in [1.165, 1.54) is 14.2 Å². The highest BCUT2D eigenvalue weighted by Gasteiger charge is 2.45. The lowest BCUT2D eigenvalue weighted by atomic mass is 9.89. The van der Waals surface area contributed by atoms with E-state index in [1.807, 2.05) is 41.4 Å². The monoisotopic (exact) mass is 1080 g/mol. The second kappa shape index (κ2) is 22.0. The van der Waals surface area contributed by atoms with Crippen LogP contribution in [0.25, 0.3) is 11.1 Å². The molecule has 0 spiro atoms. The van der Waals surface area contributed by atoms with Crippen LogP contribution in [0.2, 0.25) is 23.2 Å². The normalized spacial score (nSPS) is 20.5. The van der Waals surface area contributed by atoms with E-state index in [4.69, 9.17) is 45.4 Å². The van der Waals surface area contributed by atoms with Crippen molar-refractivity contribution in [3.05, 3.63) is 128 Å². The summed E-state index contributed by atoms with van der Waals surface area (Å²) in [6, 6.07) is 21.6. The van der Waals surface area contributed by atoms with Gasteiger partial charge in [0.25, 0.3) is 0 Å². The maximum atomic E-state index is 15.7. The molecule has 5 aromatic rings. The highest BCUT2D eigenvalue weighted by molar-refractivity contribution is 9.10. The maximum Gasteiger partial charge on any atom is 0.247 e. The number of methoxy groups -OCH3 is 3. The third kappa shape index (κ3) is 11.3. The molecule has 1 fully saturated rings. The van der Waals surface area contributed by atoms with E-state index in [9.17, 15) is 4.79 Å². The van der Waals surface area contributed by atoms with Crippen LogP contribution in [0.15, 0.2) is 106 Å². The van der Waals surface area contributed by atoms with Gasteiger partial charge in [0.05, 0.1) is 51.7 Å². The molecule has 0 aromatic heterocycles. The molecule has 16 nitrogen and oxygen atoms in total. The Morgan fingerprint density at radius 3 is 2.21 bits per heavy atom. The number of nitrogens with two attached hydrogens (primary N) is 1. The zero-order valence-corrected chi connectivity index (χ0v) is 45.0. The lowest BCUT2D eigenvalue weighted by molar-refractivity contribution is -0.135. The third-order valence-electron chi connectivity index (χ3n) is 13.7. The summed E-state index contributed by atoms with van der Waals surface area (Å²) in [5.74, 6) is -0.411. The summed E-state index contributed by atoms with van der Waals surface area (Å²) in [4.78, 5) is 45.9. The van der Waals surface area contributed by atoms with Crippen LogP contribution < -0.4 is 40.6 Å². The molecular weight excluding hydrogens is 1020 g/mol. The number of amides is 3. The summed E-state index contributed by atoms with van der Waals surface area (Å²) < 4.78 is 38.6. The minimum absolute atomic E-state index is 0.0370. The van der Waals surface area contributed by atoms with Crippen LogP contribution in [0.3, 0.4) is 0 Å². The average Bonchev–Trinajstić information content (AvgIpc) is 3.89. The zero-order chi connectivity index (χ0) is 51.5. The van der Waals surface area contributed by atoms with Gasteiger partial charge >= 0.3 is 0 Å². The molecule has 5 N–H and O–H groups in total. The molecule has 1 saturated heterocycles. The first-order valence-corrected chi connectivity index (χ1v) is 27.8. The maximum absolute atomic E-state index is 15.7. The Morgan fingerprint density at radius 2 is 1.53 bits per heavy atom. The van der Waals surface area contributed by atoms with Crippen molar-refractivity contribution in [3.8, 4) is 39.9 Å². The number of benzene rings is 5. The standard InChI is InChI=1S/C53H61BrClN7O9Si/c1-53(2,3)72(7,8)71-49-32-17-19-41(38(55)24-32)70-43-25-33(23-37(54)47(43)60-61-62-20-12-13-21-62)45(56)50(63)58-46-31-16-18-40(67-5)36(22-31)44-35(26-34(66-4)27-42(44)68-6)39(57-52(65)48(49)59-51(46)64)29-69-28-30-14-10-9-11-15-30/h9-11,14-19,22-27,39,45-46,48-49H,12-13,20-21,28-29,56H2,1-8H3,(H,57,65)(H,58,63)(H,59,64)/t39-,45-,46-,48+,49-/m1/s1. The van der Waals surface area contributed by atoms with Gasteiger partial charge in [0, 0.05) is 34.8 Å². The van der Waals surface area contributed by atoms with Crippen molar-refractivity contribution < 1.29 is 42.5 Å². The van der Waals surface area contributed by atoms with Crippen molar-refractivity contribution in [2.24, 2.45) is 16.1 Å². The number of halogens is 2. The lowest BCUT2D eigenvalue weighted by Crippen LogP contribution is -2.56. The van der Waals surface area contributed by atoms with Crippen LogP contribution in [-0.4, -0.2) is 78.1 Å². The topological polar surface area (TPSA) is 197 Å². The Kier molecular flexibility index (Phi) is 16.0. The SMILES string of the molecule is COc1cc(OC)c2c(c1)[C@@H](COCc1ccccc1)NC(=O)[C@H]1NC(=O)[C@H](NC(=O)[C@H](N)c3cc(Br)c(N=NN4CCCC4)c(c3)Oc3ccc(cc3Cl)[C@H]1O[Si](C)(C)C(C)(C)C)c1ccc(OC)c-2c1. The van der Waals surface area contributed by atoms with Crippen LogP contribution in [-0.2, 0) is 30.2 Å². The molecule has 5 atom stereocenters. The zero-order valence-electron chi connectivity index (χ0n) is 41.6. The number of rotatable bonds is 11. The first kappa shape index (κ1) is 52.3. The molecule has 4 aliphatic rings. The molecule has 0 aliphatic carbocycles. The summed E-state index contributed by atoms with van der Waals surface area (Å²) in [7, 11) is 1.76. The van der Waals surface area contributed by atoms with E-state index in [-0.39, 0.29) is 34.8 Å². The van der Waals surface area contributed by atoms with Gasteiger partial charge in [-0.25, -0.2) is 0 Å². The smallest absolute Gasteiger partial charge is 0.247 e. The summed E-state index contributed by atoms with van der Waals surface area (Å²) in [5, 5.41) is 20.0. The quantitative estimate of drug-likeness (QED) is 0.0726. The Morgan fingerprint density at radius 1 is 0.806 bits per heavy atom. The van der Waals surface area contributed by atoms with Crippen molar-refractivity contribution in [3.63, 3.8) is 0 Å². The number of hydrogen-bond donors (Lipinski definition) is 4. The first-order valence-electron chi connectivity index (χ1n) is 23.8. The predicted molar refractivity (Wildman–Crippen MR) is 280 cm³/mol. The van der Waals surface area contributed by atoms with Crippen molar-refractivity contribution in [2.45, 2.75) is 88.6 Å². The van der Waals surface area contributed by atoms with E-state index < -0.39 is 56.3 Å². The second-order valence-corrected chi connectivity index (χ2v) is 25.5. The molecular formula is C53H61BrClN7O9Si. The van der Waals surface area contributed by atoms with Gasteiger partial charge in [-0.1, -0.05) is 80.1 Å². The van der Waals surface area contributed by atoms with E-state index in [0.29, 0.717) is 60.8 Å². The molecule has 0 radical (unpaired) electrons. The van der Waals surface area contributed by atoms with Gasteiger partial charge in [-0.05, 0) is 117 Å². The largest absolute Gasteiger partial charge is 0.497 e. The molecule has 0 unspecified atom stereocenters. The highest BCUT2D eigenvalue weighted by Crippen LogP contribution is 2.48. The number of carbonyl (C=O) groups is 3. The molecule has 4 heterocycles. The number of ether oxygens (including phenoxy) is 5. The average molecular weight is 1080 g/mol. The Balaban J connectivity index is 1.38. The summed E-state index contributed by atoms with van der Waals surface area (Å²) >= 11 is 10.9. The Labute approximate surface area is 434 Å². The van der Waals surface area contributed by atoms with Gasteiger partial charge in [0.2, 0.25) is 17.7 Å². The predicted octanol–water partition coefficient (Wildman–Crippen LogP) is 10.5. The van der Waals surface area contributed by atoms with E-state index in [2.05, 4.69) is 76.1 Å². The number of nitrogens with zero attached hydrogens (tertiary/aromatic N) is 3. The van der Waals surface area contributed by atoms with Crippen molar-refractivity contribution in [2.75, 3.05) is 41.0 Å². The Hall–Kier alpha value is -6.02. The second-order valence-electron chi connectivity index (χ2n) is 19.5. The fraction of sp³-hybridized carbons (Fsp3) is 0.377. The molecule has 4 aliphatic heterocycles. The van der Waals surface area contributed by atoms with Crippen LogP contribution >= 0.6 is 27.5 Å². The highest BCUT2D eigenvalue weighted by atomic mass is 79.9. The van der Waals surface area contributed by atoms with Crippen LogP contribution in [0.1, 0.15) is 85.7 Å². The number of carbonyl (C=O) groups excluding carboxylic acids is 3. The van der Waals surface area contributed by atoms with Gasteiger partial charge in [-0.2, -0.15) is 0 Å².